The van der Waals surface area contributed by atoms with Gasteiger partial charge in [-0.05, 0) is 36.5 Å². The zero-order chi connectivity index (χ0) is 11.4. The number of nitrogens with one attached hydrogen (secondary N) is 1. The minimum Gasteiger partial charge on any atom is -0.508 e. The Labute approximate surface area is 97.7 Å². The molecular weight excluding hydrogens is 198 g/mol. The molecule has 0 spiro atoms. The average molecular weight is 219 g/mol. The molecule has 0 aromatic heterocycles. The molecule has 88 valence electrons. The van der Waals surface area contributed by atoms with Crippen LogP contribution in [-0.4, -0.2) is 11.1 Å². The van der Waals surface area contributed by atoms with E-state index in [9.17, 15) is 5.11 Å². The predicted molar refractivity (Wildman–Crippen MR) is 66.4 cm³/mol. The highest BCUT2D eigenvalue weighted by molar-refractivity contribution is 5.26. The van der Waals surface area contributed by atoms with Gasteiger partial charge in [0.2, 0.25) is 0 Å². The van der Waals surface area contributed by atoms with Crippen LogP contribution in [0.1, 0.15) is 38.2 Å². The highest BCUT2D eigenvalue weighted by atomic mass is 16.3. The standard InChI is InChI=1S/C14H21NO/c1-11-5-2-3-8-14(11)15-10-12-6-4-7-13(16)9-12/h4,6-7,9,11,14-16H,2-3,5,8,10H2,1H3. The number of hydrogen-bond acceptors (Lipinski definition) is 2. The minimum atomic E-state index is 0.357. The molecule has 1 aliphatic rings. The fourth-order valence-corrected chi connectivity index (χ4v) is 2.53. The molecule has 1 aliphatic carbocycles. The molecule has 2 rings (SSSR count). The first-order chi connectivity index (χ1) is 7.75. The molecule has 2 N–H and O–H groups in total. The van der Waals surface area contributed by atoms with Crippen molar-refractivity contribution in [1.29, 1.82) is 0 Å². The summed E-state index contributed by atoms with van der Waals surface area (Å²) in [5, 5.41) is 13.0. The van der Waals surface area contributed by atoms with Gasteiger partial charge >= 0.3 is 0 Å². The monoisotopic (exact) mass is 219 g/mol. The molecule has 1 fully saturated rings. The summed E-state index contributed by atoms with van der Waals surface area (Å²) in [6.45, 7) is 3.20. The van der Waals surface area contributed by atoms with Crippen molar-refractivity contribution in [2.24, 2.45) is 5.92 Å². The van der Waals surface area contributed by atoms with Gasteiger partial charge in [0.05, 0.1) is 0 Å². The van der Waals surface area contributed by atoms with E-state index in [1.807, 2.05) is 12.1 Å². The Morgan fingerprint density at radius 2 is 2.12 bits per heavy atom. The number of aromatic hydroxyl groups is 1. The highest BCUT2D eigenvalue weighted by Crippen LogP contribution is 2.24. The van der Waals surface area contributed by atoms with E-state index in [4.69, 9.17) is 0 Å². The maximum Gasteiger partial charge on any atom is 0.115 e. The molecule has 1 saturated carbocycles. The van der Waals surface area contributed by atoms with Crippen LogP contribution in [-0.2, 0) is 6.54 Å². The second-order valence-electron chi connectivity index (χ2n) is 4.92. The van der Waals surface area contributed by atoms with Crippen LogP contribution in [0.3, 0.4) is 0 Å². The first kappa shape index (κ1) is 11.5. The third kappa shape index (κ3) is 2.99. The van der Waals surface area contributed by atoms with Gasteiger partial charge in [0.1, 0.15) is 5.75 Å². The summed E-state index contributed by atoms with van der Waals surface area (Å²) in [6.07, 6.45) is 5.37. The largest absolute Gasteiger partial charge is 0.508 e. The molecule has 0 amide bonds. The third-order valence-electron chi connectivity index (χ3n) is 3.59. The van der Waals surface area contributed by atoms with Gasteiger partial charge in [-0.2, -0.15) is 0 Å². The van der Waals surface area contributed by atoms with Crippen LogP contribution in [0.15, 0.2) is 24.3 Å². The van der Waals surface area contributed by atoms with Gasteiger partial charge in [-0.1, -0.05) is 31.9 Å². The number of rotatable bonds is 3. The van der Waals surface area contributed by atoms with E-state index in [1.54, 1.807) is 6.07 Å². The summed E-state index contributed by atoms with van der Waals surface area (Å²) >= 11 is 0. The second-order valence-corrected chi connectivity index (χ2v) is 4.92. The van der Waals surface area contributed by atoms with E-state index in [0.717, 1.165) is 18.0 Å². The van der Waals surface area contributed by atoms with Gasteiger partial charge in [0.25, 0.3) is 0 Å². The van der Waals surface area contributed by atoms with Crippen molar-refractivity contribution in [1.82, 2.24) is 5.32 Å². The molecule has 0 heterocycles. The van der Waals surface area contributed by atoms with Gasteiger partial charge < -0.3 is 10.4 Å². The van der Waals surface area contributed by atoms with Crippen molar-refractivity contribution in [2.45, 2.75) is 45.2 Å². The molecule has 0 aliphatic heterocycles. The Bertz CT molecular complexity index is 337. The molecule has 0 saturated heterocycles. The minimum absolute atomic E-state index is 0.357. The smallest absolute Gasteiger partial charge is 0.115 e. The van der Waals surface area contributed by atoms with Crippen molar-refractivity contribution in [3.63, 3.8) is 0 Å². The van der Waals surface area contributed by atoms with E-state index in [2.05, 4.69) is 18.3 Å². The molecule has 2 atom stereocenters. The van der Waals surface area contributed by atoms with E-state index >= 15 is 0 Å². The summed E-state index contributed by atoms with van der Waals surface area (Å²) < 4.78 is 0. The average Bonchev–Trinajstić information content (AvgIpc) is 2.28. The number of phenolic OH excluding ortho intramolecular Hbond substituents is 1. The highest BCUT2D eigenvalue weighted by Gasteiger charge is 2.20. The van der Waals surface area contributed by atoms with Gasteiger partial charge in [-0.25, -0.2) is 0 Å². The lowest BCUT2D eigenvalue weighted by Crippen LogP contribution is -2.36. The summed E-state index contributed by atoms with van der Waals surface area (Å²) in [7, 11) is 0. The maximum atomic E-state index is 9.37. The fraction of sp³-hybridized carbons (Fsp3) is 0.571. The molecular formula is C14H21NO. The van der Waals surface area contributed by atoms with Gasteiger partial charge in [-0.15, -0.1) is 0 Å². The van der Waals surface area contributed by atoms with Crippen LogP contribution in [0, 0.1) is 5.92 Å². The van der Waals surface area contributed by atoms with Crippen LogP contribution in [0.4, 0.5) is 0 Å². The van der Waals surface area contributed by atoms with E-state index < -0.39 is 0 Å². The lowest BCUT2D eigenvalue weighted by atomic mass is 9.86. The number of benzene rings is 1. The first-order valence-corrected chi connectivity index (χ1v) is 6.27. The van der Waals surface area contributed by atoms with Crippen molar-refractivity contribution in [3.05, 3.63) is 29.8 Å². The van der Waals surface area contributed by atoms with Gasteiger partial charge in [-0.3, -0.25) is 0 Å². The molecule has 1 aromatic carbocycles. The molecule has 2 unspecified atom stereocenters. The van der Waals surface area contributed by atoms with Crippen LogP contribution in [0.2, 0.25) is 0 Å². The molecule has 16 heavy (non-hydrogen) atoms. The Morgan fingerprint density at radius 3 is 2.88 bits per heavy atom. The van der Waals surface area contributed by atoms with Crippen molar-refractivity contribution >= 4 is 0 Å². The number of phenols is 1. The zero-order valence-corrected chi connectivity index (χ0v) is 9.95. The van der Waals surface area contributed by atoms with Crippen molar-refractivity contribution < 1.29 is 5.11 Å². The quantitative estimate of drug-likeness (QED) is 0.819. The molecule has 2 heteroatoms. The van der Waals surface area contributed by atoms with Crippen LogP contribution in [0.25, 0.3) is 0 Å². The van der Waals surface area contributed by atoms with E-state index in [0.29, 0.717) is 11.8 Å². The molecule has 1 aromatic rings. The van der Waals surface area contributed by atoms with Gasteiger partial charge in [0, 0.05) is 12.6 Å². The zero-order valence-electron chi connectivity index (χ0n) is 9.95. The SMILES string of the molecule is CC1CCCCC1NCc1cccc(O)c1. The maximum absolute atomic E-state index is 9.37. The van der Waals surface area contributed by atoms with Crippen LogP contribution < -0.4 is 5.32 Å². The van der Waals surface area contributed by atoms with Crippen LogP contribution >= 0.6 is 0 Å². The van der Waals surface area contributed by atoms with Crippen molar-refractivity contribution in [2.75, 3.05) is 0 Å². The Morgan fingerprint density at radius 1 is 1.31 bits per heavy atom. The molecule has 2 nitrogen and oxygen atoms in total. The summed E-state index contributed by atoms with van der Waals surface area (Å²) in [6, 6.07) is 8.15. The Kier molecular flexibility index (Phi) is 3.83. The molecule has 0 radical (unpaired) electrons. The summed E-state index contributed by atoms with van der Waals surface area (Å²) in [5.41, 5.74) is 1.16. The fourth-order valence-electron chi connectivity index (χ4n) is 2.53. The normalized spacial score (nSPS) is 25.6. The van der Waals surface area contributed by atoms with E-state index in [-0.39, 0.29) is 0 Å². The predicted octanol–water partition coefficient (Wildman–Crippen LogP) is 3.06. The van der Waals surface area contributed by atoms with E-state index in [1.165, 1.54) is 25.7 Å². The summed E-state index contributed by atoms with van der Waals surface area (Å²) in [5.74, 6) is 1.14. The first-order valence-electron chi connectivity index (χ1n) is 6.27. The topological polar surface area (TPSA) is 32.3 Å². The lowest BCUT2D eigenvalue weighted by Gasteiger charge is -2.29. The van der Waals surface area contributed by atoms with Crippen LogP contribution in [0.5, 0.6) is 5.75 Å². The second kappa shape index (κ2) is 5.35. The molecule has 0 bridgehead atoms. The Hall–Kier alpha value is -1.02. The Balaban J connectivity index is 1.86. The number of hydrogen-bond donors (Lipinski definition) is 2. The summed E-state index contributed by atoms with van der Waals surface area (Å²) in [4.78, 5) is 0. The lowest BCUT2D eigenvalue weighted by molar-refractivity contribution is 0.279. The third-order valence-corrected chi connectivity index (χ3v) is 3.59. The van der Waals surface area contributed by atoms with Crippen molar-refractivity contribution in [3.8, 4) is 5.75 Å². The van der Waals surface area contributed by atoms with Gasteiger partial charge in [0.15, 0.2) is 0 Å².